The van der Waals surface area contributed by atoms with Gasteiger partial charge in [-0.2, -0.15) is 0 Å². The number of pyridine rings is 1. The molecule has 0 bridgehead atoms. The molecule has 1 rings (SSSR count). The third kappa shape index (κ3) is 3.76. The summed E-state index contributed by atoms with van der Waals surface area (Å²) in [6, 6.07) is 4.93. The highest BCUT2D eigenvalue weighted by atomic mass is 35.5. The molecular weight excluding hydrogens is 142 g/mol. The minimum Gasteiger partial charge on any atom is -0.412 e. The number of halogens is 1. The van der Waals surface area contributed by atoms with Crippen molar-refractivity contribution in [3.05, 3.63) is 34.7 Å². The third-order valence-corrected chi connectivity index (χ3v) is 0.681. The highest BCUT2D eigenvalue weighted by molar-refractivity contribution is 5.85. The average molecular weight is 150 g/mol. The Labute approximate surface area is 58.4 Å². The Morgan fingerprint density at radius 2 is 2.00 bits per heavy atom. The largest absolute Gasteiger partial charge is 0.412 e. The van der Waals surface area contributed by atoms with E-state index in [4.69, 9.17) is 0 Å². The summed E-state index contributed by atoms with van der Waals surface area (Å²) in [6.07, 6.45) is 1.60. The Bertz CT molecular complexity index is 181. The second kappa shape index (κ2) is 5.34. The first-order valence-electron chi connectivity index (χ1n) is 2.03. The molecule has 52 valence electrons. The number of nitrogens with one attached hydrogen (secondary N) is 1. The van der Waals surface area contributed by atoms with E-state index in [9.17, 15) is 4.79 Å². The molecule has 4 heteroatoms. The topological polar surface area (TPSA) is 64.4 Å². The van der Waals surface area contributed by atoms with Gasteiger partial charge in [-0.15, -0.1) is 12.4 Å². The number of hydrogen-bond acceptors (Lipinski definition) is 1. The fourth-order valence-corrected chi connectivity index (χ4v) is 0.377. The lowest BCUT2D eigenvalue weighted by atomic mass is 10.5. The molecule has 3 nitrogen and oxygen atoms in total. The minimum atomic E-state index is -0.0532. The molecule has 0 aliphatic rings. The van der Waals surface area contributed by atoms with E-state index >= 15 is 0 Å². The van der Waals surface area contributed by atoms with Gasteiger partial charge in [-0.3, -0.25) is 4.79 Å². The van der Waals surface area contributed by atoms with E-state index < -0.39 is 0 Å². The standard InChI is InChI=1S/C5H5NO.ClH.H2O/c7-5-3-1-2-4-6-5;;/h1-4H,(H,6,7);1H;1H2. The predicted molar refractivity (Wildman–Crippen MR) is 37.9 cm³/mol. The first-order valence-corrected chi connectivity index (χ1v) is 2.03. The summed E-state index contributed by atoms with van der Waals surface area (Å²) < 4.78 is 0. The van der Waals surface area contributed by atoms with Crippen molar-refractivity contribution in [1.82, 2.24) is 4.98 Å². The summed E-state index contributed by atoms with van der Waals surface area (Å²) in [6.45, 7) is 0. The van der Waals surface area contributed by atoms with E-state index in [1.165, 1.54) is 6.07 Å². The van der Waals surface area contributed by atoms with Crippen LogP contribution >= 0.6 is 12.4 Å². The molecule has 0 amide bonds. The van der Waals surface area contributed by atoms with Gasteiger partial charge in [0.2, 0.25) is 5.56 Å². The van der Waals surface area contributed by atoms with E-state index in [1.54, 1.807) is 18.3 Å². The number of aromatic amines is 1. The van der Waals surface area contributed by atoms with Crippen molar-refractivity contribution in [2.45, 2.75) is 0 Å². The number of hydrogen-bond donors (Lipinski definition) is 1. The van der Waals surface area contributed by atoms with Crippen LogP contribution in [0.2, 0.25) is 0 Å². The minimum absolute atomic E-state index is 0. The monoisotopic (exact) mass is 149 g/mol. The lowest BCUT2D eigenvalue weighted by Gasteiger charge is -1.73. The zero-order valence-corrected chi connectivity index (χ0v) is 5.44. The zero-order chi connectivity index (χ0) is 5.11. The van der Waals surface area contributed by atoms with Crippen molar-refractivity contribution >= 4 is 12.4 Å². The van der Waals surface area contributed by atoms with Gasteiger partial charge in [0, 0.05) is 12.3 Å². The molecule has 0 atom stereocenters. The van der Waals surface area contributed by atoms with Crippen molar-refractivity contribution in [3.63, 3.8) is 0 Å². The predicted octanol–water partition coefficient (Wildman–Crippen LogP) is -0.0280. The van der Waals surface area contributed by atoms with Crippen LogP contribution in [0, 0.1) is 0 Å². The number of aromatic nitrogens is 1. The van der Waals surface area contributed by atoms with Crippen molar-refractivity contribution in [1.29, 1.82) is 0 Å². The molecule has 0 radical (unpaired) electrons. The lowest BCUT2D eigenvalue weighted by Crippen LogP contribution is -1.98. The number of H-pyrrole nitrogens is 1. The first kappa shape index (κ1) is 11.1. The summed E-state index contributed by atoms with van der Waals surface area (Å²) in [5, 5.41) is 0. The van der Waals surface area contributed by atoms with E-state index in [0.717, 1.165) is 0 Å². The second-order valence-corrected chi connectivity index (χ2v) is 1.23. The molecule has 1 heterocycles. The molecule has 0 saturated heterocycles. The fraction of sp³-hybridized carbons (Fsp3) is 0. The third-order valence-electron chi connectivity index (χ3n) is 0.681. The van der Waals surface area contributed by atoms with Gasteiger partial charge in [0.1, 0.15) is 0 Å². The Morgan fingerprint density at radius 3 is 2.22 bits per heavy atom. The van der Waals surface area contributed by atoms with Gasteiger partial charge in [0.15, 0.2) is 0 Å². The van der Waals surface area contributed by atoms with E-state index in [1.807, 2.05) is 0 Å². The summed E-state index contributed by atoms with van der Waals surface area (Å²) in [7, 11) is 0. The van der Waals surface area contributed by atoms with Crippen LogP contribution < -0.4 is 5.56 Å². The van der Waals surface area contributed by atoms with Gasteiger partial charge in [0.05, 0.1) is 0 Å². The molecule has 0 saturated carbocycles. The molecule has 0 aliphatic carbocycles. The molecule has 0 unspecified atom stereocenters. The molecule has 0 aromatic carbocycles. The van der Waals surface area contributed by atoms with Crippen molar-refractivity contribution in [2.24, 2.45) is 0 Å². The molecular formula is C5H8ClNO2. The van der Waals surface area contributed by atoms with Gasteiger partial charge < -0.3 is 10.5 Å². The van der Waals surface area contributed by atoms with Crippen LogP contribution in [0.15, 0.2) is 29.2 Å². The van der Waals surface area contributed by atoms with Crippen LogP contribution in [0.3, 0.4) is 0 Å². The van der Waals surface area contributed by atoms with E-state index in [2.05, 4.69) is 4.98 Å². The van der Waals surface area contributed by atoms with Gasteiger partial charge in [-0.05, 0) is 6.07 Å². The maximum absolute atomic E-state index is 10.2. The summed E-state index contributed by atoms with van der Waals surface area (Å²) >= 11 is 0. The first-order chi connectivity index (χ1) is 3.39. The van der Waals surface area contributed by atoms with Crippen molar-refractivity contribution in [3.8, 4) is 0 Å². The second-order valence-electron chi connectivity index (χ2n) is 1.23. The Balaban J connectivity index is 0. The van der Waals surface area contributed by atoms with Crippen LogP contribution in [-0.2, 0) is 0 Å². The Hall–Kier alpha value is -0.800. The molecule has 0 spiro atoms. The highest BCUT2D eigenvalue weighted by Gasteiger charge is 1.69. The Morgan fingerprint density at radius 1 is 1.33 bits per heavy atom. The molecule has 9 heavy (non-hydrogen) atoms. The van der Waals surface area contributed by atoms with Crippen LogP contribution in [-0.4, -0.2) is 10.5 Å². The molecule has 1 aromatic heterocycles. The molecule has 1 aromatic rings. The van der Waals surface area contributed by atoms with Crippen molar-refractivity contribution in [2.75, 3.05) is 0 Å². The smallest absolute Gasteiger partial charge is 0.247 e. The zero-order valence-electron chi connectivity index (χ0n) is 4.63. The van der Waals surface area contributed by atoms with Gasteiger partial charge in [0.25, 0.3) is 0 Å². The summed E-state index contributed by atoms with van der Waals surface area (Å²) in [5.41, 5.74) is -0.0532. The summed E-state index contributed by atoms with van der Waals surface area (Å²) in [4.78, 5) is 12.7. The van der Waals surface area contributed by atoms with Gasteiger partial charge in [-0.25, -0.2) is 0 Å². The van der Waals surface area contributed by atoms with Crippen LogP contribution in [0.25, 0.3) is 0 Å². The van der Waals surface area contributed by atoms with Crippen LogP contribution in [0.5, 0.6) is 0 Å². The fourth-order valence-electron chi connectivity index (χ4n) is 0.377. The highest BCUT2D eigenvalue weighted by Crippen LogP contribution is 1.67. The normalized spacial score (nSPS) is 6.67. The lowest BCUT2D eigenvalue weighted by molar-refractivity contribution is 0.824. The van der Waals surface area contributed by atoms with Crippen LogP contribution in [0.4, 0.5) is 0 Å². The molecule has 0 aliphatic heterocycles. The summed E-state index contributed by atoms with van der Waals surface area (Å²) in [5.74, 6) is 0. The maximum atomic E-state index is 10.2. The Kier molecular flexibility index (Phi) is 6.56. The van der Waals surface area contributed by atoms with E-state index in [0.29, 0.717) is 0 Å². The van der Waals surface area contributed by atoms with E-state index in [-0.39, 0.29) is 23.4 Å². The molecule has 3 N–H and O–H groups in total. The SMILES string of the molecule is Cl.O.O=c1cccc[nH]1. The van der Waals surface area contributed by atoms with Gasteiger partial charge >= 0.3 is 0 Å². The quantitative estimate of drug-likeness (QED) is 0.553. The molecule has 0 fully saturated rings. The maximum Gasteiger partial charge on any atom is 0.247 e. The average Bonchev–Trinajstić information content (AvgIpc) is 1.69. The van der Waals surface area contributed by atoms with Crippen LogP contribution in [0.1, 0.15) is 0 Å². The number of rotatable bonds is 0. The van der Waals surface area contributed by atoms with Crippen molar-refractivity contribution < 1.29 is 5.48 Å². The van der Waals surface area contributed by atoms with Gasteiger partial charge in [-0.1, -0.05) is 6.07 Å².